The SMILES string of the molecule is CC(=O)Oc1ccccc1-c1nc2s/c(=C\c3cn(-c4ccccc4)nc3-c3ccc([N+](=O)[O-])cc3)c(=O)n2n1. The summed E-state index contributed by atoms with van der Waals surface area (Å²) in [5.41, 5.74) is 2.74. The first-order valence-corrected chi connectivity index (χ1v) is 12.8. The molecule has 3 aromatic heterocycles. The van der Waals surface area contributed by atoms with Crippen molar-refractivity contribution in [3.63, 3.8) is 0 Å². The number of nitro groups is 1. The van der Waals surface area contributed by atoms with Crippen molar-refractivity contribution >= 4 is 34.0 Å². The lowest BCUT2D eigenvalue weighted by molar-refractivity contribution is -0.384. The lowest BCUT2D eigenvalue weighted by atomic mass is 10.1. The van der Waals surface area contributed by atoms with Gasteiger partial charge in [0.1, 0.15) is 11.4 Å². The molecular weight excluding hydrogens is 532 g/mol. The maximum atomic E-state index is 13.3. The molecule has 0 amide bonds. The Kier molecular flexibility index (Phi) is 6.21. The summed E-state index contributed by atoms with van der Waals surface area (Å²) in [6.45, 7) is 1.30. The van der Waals surface area contributed by atoms with Crippen LogP contribution in [0.3, 0.4) is 0 Å². The van der Waals surface area contributed by atoms with Crippen LogP contribution in [0.25, 0.3) is 39.4 Å². The third kappa shape index (κ3) is 4.63. The zero-order valence-corrected chi connectivity index (χ0v) is 21.6. The first-order valence-electron chi connectivity index (χ1n) is 12.0. The highest BCUT2D eigenvalue weighted by molar-refractivity contribution is 7.15. The van der Waals surface area contributed by atoms with Gasteiger partial charge in [0.25, 0.3) is 11.2 Å². The van der Waals surface area contributed by atoms with Gasteiger partial charge in [-0.15, -0.1) is 5.10 Å². The first-order chi connectivity index (χ1) is 19.4. The molecule has 3 aromatic carbocycles. The van der Waals surface area contributed by atoms with E-state index in [9.17, 15) is 19.7 Å². The third-order valence-corrected chi connectivity index (χ3v) is 6.92. The second kappa shape index (κ2) is 10.0. The molecule has 3 heterocycles. The average Bonchev–Trinajstić information content (AvgIpc) is 3.64. The Morgan fingerprint density at radius 1 is 1.00 bits per heavy atom. The number of rotatable bonds is 6. The van der Waals surface area contributed by atoms with Crippen LogP contribution in [0.15, 0.2) is 89.9 Å². The highest BCUT2D eigenvalue weighted by atomic mass is 32.1. The van der Waals surface area contributed by atoms with Gasteiger partial charge in [-0.05, 0) is 42.5 Å². The van der Waals surface area contributed by atoms with E-state index in [2.05, 4.69) is 10.1 Å². The second-order valence-electron chi connectivity index (χ2n) is 8.65. The molecule has 0 unspecified atom stereocenters. The molecule has 0 saturated heterocycles. The van der Waals surface area contributed by atoms with Gasteiger partial charge in [0.2, 0.25) is 4.96 Å². The summed E-state index contributed by atoms with van der Waals surface area (Å²) >= 11 is 1.16. The summed E-state index contributed by atoms with van der Waals surface area (Å²) in [7, 11) is 0. The van der Waals surface area contributed by atoms with E-state index in [1.165, 1.54) is 23.6 Å². The number of thiazole rings is 1. The van der Waals surface area contributed by atoms with Gasteiger partial charge in [-0.3, -0.25) is 19.7 Å². The van der Waals surface area contributed by atoms with Crippen molar-refractivity contribution in [3.05, 3.63) is 116 Å². The number of hydrogen-bond acceptors (Lipinski definition) is 9. The second-order valence-corrected chi connectivity index (χ2v) is 9.66. The number of benzene rings is 3. The van der Waals surface area contributed by atoms with Crippen molar-refractivity contribution in [2.75, 3.05) is 0 Å². The van der Waals surface area contributed by atoms with E-state index in [1.807, 2.05) is 30.3 Å². The van der Waals surface area contributed by atoms with Crippen LogP contribution in [0.4, 0.5) is 5.69 Å². The first kappa shape index (κ1) is 24.8. The highest BCUT2D eigenvalue weighted by Gasteiger charge is 2.18. The fourth-order valence-corrected chi connectivity index (χ4v) is 5.05. The molecule has 0 spiro atoms. The predicted molar refractivity (Wildman–Crippen MR) is 148 cm³/mol. The Morgan fingerprint density at radius 2 is 1.73 bits per heavy atom. The van der Waals surface area contributed by atoms with Crippen LogP contribution < -0.4 is 14.8 Å². The Labute approximate surface area is 229 Å². The quantitative estimate of drug-likeness (QED) is 0.131. The van der Waals surface area contributed by atoms with Gasteiger partial charge in [0.15, 0.2) is 5.82 Å². The lowest BCUT2D eigenvalue weighted by Crippen LogP contribution is -2.23. The van der Waals surface area contributed by atoms with Crippen molar-refractivity contribution in [3.8, 4) is 34.1 Å². The maximum absolute atomic E-state index is 13.3. The van der Waals surface area contributed by atoms with E-state index in [0.29, 0.717) is 37.6 Å². The van der Waals surface area contributed by atoms with Crippen LogP contribution in [0.5, 0.6) is 5.75 Å². The van der Waals surface area contributed by atoms with Crippen molar-refractivity contribution in [2.24, 2.45) is 0 Å². The molecule has 0 radical (unpaired) electrons. The van der Waals surface area contributed by atoms with E-state index in [0.717, 1.165) is 17.0 Å². The van der Waals surface area contributed by atoms with Crippen LogP contribution >= 0.6 is 11.3 Å². The summed E-state index contributed by atoms with van der Waals surface area (Å²) in [6, 6.07) is 22.4. The normalized spacial score (nSPS) is 11.7. The number of esters is 1. The Bertz CT molecular complexity index is 2010. The van der Waals surface area contributed by atoms with Crippen LogP contribution in [0, 0.1) is 10.1 Å². The largest absolute Gasteiger partial charge is 0.426 e. The number of aromatic nitrogens is 5. The number of non-ortho nitro benzene ring substituents is 1. The monoisotopic (exact) mass is 550 g/mol. The lowest BCUT2D eigenvalue weighted by Gasteiger charge is -2.04. The van der Waals surface area contributed by atoms with Gasteiger partial charge in [-0.1, -0.05) is 41.7 Å². The van der Waals surface area contributed by atoms with E-state index in [4.69, 9.17) is 9.84 Å². The van der Waals surface area contributed by atoms with Crippen LogP contribution in [0.2, 0.25) is 0 Å². The Hall–Kier alpha value is -5.49. The maximum Gasteiger partial charge on any atom is 0.308 e. The summed E-state index contributed by atoms with van der Waals surface area (Å²) in [5, 5.41) is 20.2. The molecule has 40 heavy (non-hydrogen) atoms. The number of carbonyl (C=O) groups excluding carboxylic acids is 1. The molecule has 0 aliphatic rings. The van der Waals surface area contributed by atoms with Crippen molar-refractivity contribution in [1.29, 1.82) is 0 Å². The Balaban J connectivity index is 1.46. The molecular formula is C28H18N6O5S. The van der Waals surface area contributed by atoms with Crippen LogP contribution in [-0.4, -0.2) is 35.3 Å². The van der Waals surface area contributed by atoms with Gasteiger partial charge in [-0.25, -0.2) is 4.68 Å². The molecule has 6 rings (SSSR count). The Morgan fingerprint density at radius 3 is 2.42 bits per heavy atom. The molecule has 0 saturated carbocycles. The number of fused-ring (bicyclic) bond motifs is 1. The van der Waals surface area contributed by atoms with Crippen molar-refractivity contribution < 1.29 is 14.5 Å². The van der Waals surface area contributed by atoms with E-state index >= 15 is 0 Å². The third-order valence-electron chi connectivity index (χ3n) is 5.96. The minimum absolute atomic E-state index is 0.0322. The fraction of sp³-hybridized carbons (Fsp3) is 0.0357. The standard InChI is InChI=1S/C28H18N6O5S/c1-17(35)39-23-10-6-5-9-22(23)26-29-28-33(31-26)27(36)24(40-28)15-19-16-32(20-7-3-2-4-8-20)30-25(19)18-11-13-21(14-12-18)34(37)38/h2-16H,1H3/b24-15-. The van der Waals surface area contributed by atoms with Gasteiger partial charge in [-0.2, -0.15) is 14.6 Å². The number of ether oxygens (including phenoxy) is 1. The topological polar surface area (TPSA) is 135 Å². The fourth-order valence-electron chi connectivity index (χ4n) is 4.16. The smallest absolute Gasteiger partial charge is 0.308 e. The molecule has 196 valence electrons. The van der Waals surface area contributed by atoms with Gasteiger partial charge in [0, 0.05) is 36.4 Å². The summed E-state index contributed by atoms with van der Waals surface area (Å²) in [6.07, 6.45) is 3.50. The number of nitrogens with zero attached hydrogens (tertiary/aromatic N) is 6. The predicted octanol–water partition coefficient (Wildman–Crippen LogP) is 4.05. The number of para-hydroxylation sites is 2. The van der Waals surface area contributed by atoms with Crippen molar-refractivity contribution in [2.45, 2.75) is 6.92 Å². The van der Waals surface area contributed by atoms with E-state index in [1.54, 1.807) is 53.4 Å². The molecule has 6 aromatic rings. The molecule has 0 atom stereocenters. The van der Waals surface area contributed by atoms with Crippen molar-refractivity contribution in [1.82, 2.24) is 24.4 Å². The number of nitro benzene ring substituents is 1. The summed E-state index contributed by atoms with van der Waals surface area (Å²) in [5.74, 6) is 0.0820. The minimum atomic E-state index is -0.477. The van der Waals surface area contributed by atoms with E-state index < -0.39 is 10.9 Å². The molecule has 12 heteroatoms. The molecule has 11 nitrogen and oxygen atoms in total. The summed E-state index contributed by atoms with van der Waals surface area (Å²) in [4.78, 5) is 40.4. The zero-order valence-electron chi connectivity index (χ0n) is 20.8. The van der Waals surface area contributed by atoms with E-state index in [-0.39, 0.29) is 17.1 Å². The highest BCUT2D eigenvalue weighted by Crippen LogP contribution is 2.29. The zero-order chi connectivity index (χ0) is 27.8. The molecule has 0 bridgehead atoms. The van der Waals surface area contributed by atoms with Crippen LogP contribution in [0.1, 0.15) is 12.5 Å². The molecule has 0 N–H and O–H groups in total. The molecule has 0 aliphatic carbocycles. The number of hydrogen-bond donors (Lipinski definition) is 0. The van der Waals surface area contributed by atoms with Gasteiger partial charge in [0.05, 0.1) is 20.7 Å². The van der Waals surface area contributed by atoms with Gasteiger partial charge < -0.3 is 4.74 Å². The average molecular weight is 551 g/mol. The minimum Gasteiger partial charge on any atom is -0.426 e. The molecule has 0 fully saturated rings. The summed E-state index contributed by atoms with van der Waals surface area (Å²) < 4.78 is 8.54. The van der Waals surface area contributed by atoms with Gasteiger partial charge >= 0.3 is 5.97 Å². The number of carbonyl (C=O) groups is 1. The molecule has 0 aliphatic heterocycles. The van der Waals surface area contributed by atoms with Crippen LogP contribution in [-0.2, 0) is 4.79 Å².